The van der Waals surface area contributed by atoms with Gasteiger partial charge in [-0.15, -0.1) is 0 Å². The lowest BCUT2D eigenvalue weighted by Gasteiger charge is -2.35. The Morgan fingerprint density at radius 3 is 2.83 bits per heavy atom. The highest BCUT2D eigenvalue weighted by Gasteiger charge is 2.30. The Labute approximate surface area is 142 Å². The summed E-state index contributed by atoms with van der Waals surface area (Å²) in [5.41, 5.74) is 1.47. The number of aliphatic carboxylic acids is 1. The molecule has 5 nitrogen and oxygen atoms in total. The molecule has 122 valence electrons. The SMILES string of the molecule is O=C(O)CCC1CCCCN1C(=O)c1[nH]c2ccccc2c1Br. The van der Waals surface area contributed by atoms with Gasteiger partial charge in [0.1, 0.15) is 5.69 Å². The first-order chi connectivity index (χ1) is 11.1. The molecule has 0 bridgehead atoms. The maximum Gasteiger partial charge on any atom is 0.303 e. The van der Waals surface area contributed by atoms with Gasteiger partial charge in [0.25, 0.3) is 5.91 Å². The van der Waals surface area contributed by atoms with Gasteiger partial charge in [-0.2, -0.15) is 0 Å². The first-order valence-electron chi connectivity index (χ1n) is 7.87. The van der Waals surface area contributed by atoms with Crippen molar-refractivity contribution in [3.8, 4) is 0 Å². The minimum Gasteiger partial charge on any atom is -0.481 e. The fourth-order valence-electron chi connectivity index (χ4n) is 3.26. The highest BCUT2D eigenvalue weighted by Crippen LogP contribution is 2.30. The summed E-state index contributed by atoms with van der Waals surface area (Å²) in [4.78, 5) is 28.8. The smallest absolute Gasteiger partial charge is 0.303 e. The number of carboxylic acid groups (broad SMARTS) is 1. The molecule has 1 saturated heterocycles. The summed E-state index contributed by atoms with van der Waals surface area (Å²) in [6.07, 6.45) is 3.49. The van der Waals surface area contributed by atoms with Gasteiger partial charge in [-0.1, -0.05) is 18.2 Å². The van der Waals surface area contributed by atoms with Gasteiger partial charge in [0.2, 0.25) is 0 Å². The molecule has 1 aromatic carbocycles. The molecule has 6 heteroatoms. The Morgan fingerprint density at radius 1 is 1.30 bits per heavy atom. The number of rotatable bonds is 4. The average Bonchev–Trinajstić information content (AvgIpc) is 2.90. The average molecular weight is 379 g/mol. The number of fused-ring (bicyclic) bond motifs is 1. The van der Waals surface area contributed by atoms with Crippen LogP contribution in [-0.2, 0) is 4.79 Å². The molecule has 1 aliphatic rings. The van der Waals surface area contributed by atoms with E-state index in [2.05, 4.69) is 20.9 Å². The lowest BCUT2D eigenvalue weighted by molar-refractivity contribution is -0.137. The number of para-hydroxylation sites is 1. The molecule has 1 amide bonds. The number of hydrogen-bond acceptors (Lipinski definition) is 2. The first-order valence-corrected chi connectivity index (χ1v) is 8.66. The van der Waals surface area contributed by atoms with E-state index in [1.807, 2.05) is 29.2 Å². The molecule has 1 fully saturated rings. The standard InChI is InChI=1S/C17H19BrN2O3/c18-15-12-6-1-2-7-13(12)19-16(15)17(23)20-10-4-3-5-11(20)8-9-14(21)22/h1-2,6-7,11,19H,3-5,8-10H2,(H,21,22). The first kappa shape index (κ1) is 16.1. The molecule has 0 spiro atoms. The number of nitrogens with one attached hydrogen (secondary N) is 1. The number of carboxylic acids is 1. The molecule has 1 atom stereocenters. The Kier molecular flexibility index (Phi) is 4.71. The largest absolute Gasteiger partial charge is 0.481 e. The molecule has 23 heavy (non-hydrogen) atoms. The summed E-state index contributed by atoms with van der Waals surface area (Å²) in [5, 5.41) is 9.89. The Hall–Kier alpha value is -1.82. The molecule has 2 aromatic rings. The fourth-order valence-corrected chi connectivity index (χ4v) is 3.87. The molecule has 0 saturated carbocycles. The number of aromatic nitrogens is 1. The van der Waals surface area contributed by atoms with Crippen molar-refractivity contribution in [1.29, 1.82) is 0 Å². The van der Waals surface area contributed by atoms with Crippen LogP contribution in [-0.4, -0.2) is 39.5 Å². The summed E-state index contributed by atoms with van der Waals surface area (Å²) in [6.45, 7) is 0.685. The van der Waals surface area contributed by atoms with Gasteiger partial charge in [-0.3, -0.25) is 9.59 Å². The number of aromatic amines is 1. The van der Waals surface area contributed by atoms with Crippen molar-refractivity contribution in [2.45, 2.75) is 38.1 Å². The number of carbonyl (C=O) groups is 2. The van der Waals surface area contributed by atoms with Gasteiger partial charge in [-0.05, 0) is 47.7 Å². The van der Waals surface area contributed by atoms with E-state index < -0.39 is 5.97 Å². The lowest BCUT2D eigenvalue weighted by atomic mass is 9.97. The molecule has 1 unspecified atom stereocenters. The number of H-pyrrole nitrogens is 1. The van der Waals surface area contributed by atoms with Crippen molar-refractivity contribution in [3.05, 3.63) is 34.4 Å². The third-order valence-corrected chi connectivity index (χ3v) is 5.26. The molecule has 1 aliphatic heterocycles. The van der Waals surface area contributed by atoms with E-state index in [0.717, 1.165) is 34.6 Å². The van der Waals surface area contributed by atoms with Crippen LogP contribution >= 0.6 is 15.9 Å². The summed E-state index contributed by atoms with van der Waals surface area (Å²) in [5.74, 6) is -0.863. The van der Waals surface area contributed by atoms with Gasteiger partial charge in [0.05, 0.1) is 4.47 Å². The highest BCUT2D eigenvalue weighted by molar-refractivity contribution is 9.10. The maximum atomic E-state index is 13.0. The van der Waals surface area contributed by atoms with Crippen LogP contribution in [0.25, 0.3) is 10.9 Å². The van der Waals surface area contributed by atoms with Crippen LogP contribution < -0.4 is 0 Å². The predicted octanol–water partition coefficient (Wildman–Crippen LogP) is 3.79. The van der Waals surface area contributed by atoms with Crippen molar-refractivity contribution in [3.63, 3.8) is 0 Å². The van der Waals surface area contributed by atoms with Crippen LogP contribution in [0.15, 0.2) is 28.7 Å². The second-order valence-corrected chi connectivity index (χ2v) is 6.73. The minimum atomic E-state index is -0.810. The molecular weight excluding hydrogens is 360 g/mol. The quantitative estimate of drug-likeness (QED) is 0.849. The van der Waals surface area contributed by atoms with Crippen molar-refractivity contribution in [2.24, 2.45) is 0 Å². The zero-order chi connectivity index (χ0) is 16.4. The molecule has 1 aromatic heterocycles. The van der Waals surface area contributed by atoms with Gasteiger partial charge in [0, 0.05) is 29.9 Å². The number of benzene rings is 1. The van der Waals surface area contributed by atoms with Crippen LogP contribution in [0, 0.1) is 0 Å². The lowest BCUT2D eigenvalue weighted by Crippen LogP contribution is -2.44. The number of piperidine rings is 1. The van der Waals surface area contributed by atoms with Crippen molar-refractivity contribution >= 4 is 38.7 Å². The van der Waals surface area contributed by atoms with Gasteiger partial charge in [-0.25, -0.2) is 0 Å². The van der Waals surface area contributed by atoms with E-state index >= 15 is 0 Å². The normalized spacial score (nSPS) is 18.3. The molecule has 3 rings (SSSR count). The number of likely N-dealkylation sites (tertiary alicyclic amines) is 1. The number of amides is 1. The van der Waals surface area contributed by atoms with E-state index in [1.54, 1.807) is 0 Å². The number of nitrogens with zero attached hydrogens (tertiary/aromatic N) is 1. The van der Waals surface area contributed by atoms with Crippen LogP contribution in [0.3, 0.4) is 0 Å². The summed E-state index contributed by atoms with van der Waals surface area (Å²) >= 11 is 3.53. The van der Waals surface area contributed by atoms with Crippen LogP contribution in [0.5, 0.6) is 0 Å². The van der Waals surface area contributed by atoms with Crippen molar-refractivity contribution < 1.29 is 14.7 Å². The zero-order valence-corrected chi connectivity index (χ0v) is 14.3. The molecular formula is C17H19BrN2O3. The maximum absolute atomic E-state index is 13.0. The molecule has 0 aliphatic carbocycles. The number of hydrogen-bond donors (Lipinski definition) is 2. The van der Waals surface area contributed by atoms with E-state index in [9.17, 15) is 9.59 Å². The minimum absolute atomic E-state index is 0.00524. The Morgan fingerprint density at radius 2 is 2.09 bits per heavy atom. The van der Waals surface area contributed by atoms with Crippen LogP contribution in [0.1, 0.15) is 42.6 Å². The number of carbonyl (C=O) groups excluding carboxylic acids is 1. The summed E-state index contributed by atoms with van der Waals surface area (Å²) < 4.78 is 0.778. The zero-order valence-electron chi connectivity index (χ0n) is 12.7. The van der Waals surface area contributed by atoms with E-state index in [1.165, 1.54) is 0 Å². The summed E-state index contributed by atoms with van der Waals surface area (Å²) in [6, 6.07) is 7.77. The fraction of sp³-hybridized carbons (Fsp3) is 0.412. The van der Waals surface area contributed by atoms with Crippen LogP contribution in [0.2, 0.25) is 0 Å². The van der Waals surface area contributed by atoms with Crippen molar-refractivity contribution in [1.82, 2.24) is 9.88 Å². The van der Waals surface area contributed by atoms with E-state index in [4.69, 9.17) is 5.11 Å². The third kappa shape index (κ3) is 3.27. The van der Waals surface area contributed by atoms with Gasteiger partial charge < -0.3 is 15.0 Å². The van der Waals surface area contributed by atoms with Crippen molar-refractivity contribution in [2.75, 3.05) is 6.54 Å². The molecule has 2 heterocycles. The monoisotopic (exact) mass is 378 g/mol. The number of halogens is 1. The highest BCUT2D eigenvalue weighted by atomic mass is 79.9. The van der Waals surface area contributed by atoms with E-state index in [0.29, 0.717) is 18.7 Å². The predicted molar refractivity (Wildman–Crippen MR) is 91.5 cm³/mol. The van der Waals surface area contributed by atoms with E-state index in [-0.39, 0.29) is 18.4 Å². The van der Waals surface area contributed by atoms with Crippen LogP contribution in [0.4, 0.5) is 0 Å². The Balaban J connectivity index is 1.86. The summed E-state index contributed by atoms with van der Waals surface area (Å²) in [7, 11) is 0. The second-order valence-electron chi connectivity index (χ2n) is 5.94. The topological polar surface area (TPSA) is 73.4 Å². The second kappa shape index (κ2) is 6.74. The Bertz CT molecular complexity index is 741. The molecule has 0 radical (unpaired) electrons. The van der Waals surface area contributed by atoms with Gasteiger partial charge >= 0.3 is 5.97 Å². The molecule has 2 N–H and O–H groups in total. The third-order valence-electron chi connectivity index (χ3n) is 4.44. The van der Waals surface area contributed by atoms with Gasteiger partial charge in [0.15, 0.2) is 0 Å².